The monoisotopic (exact) mass is 89.0 g/mol. The lowest BCUT2D eigenvalue weighted by molar-refractivity contribution is 0.0136. The Labute approximate surface area is 36.4 Å². The van der Waals surface area contributed by atoms with Crippen LogP contribution in [0.15, 0.2) is 0 Å². The van der Waals surface area contributed by atoms with Crippen molar-refractivity contribution < 1.29 is 10.2 Å². The molecule has 2 N–H and O–H groups in total. The fourth-order valence-electron chi connectivity index (χ4n) is 0.0680. The molecule has 6 heavy (non-hydrogen) atoms. The number of nitrogens with two attached hydrogens (primary N) is 1. The molecule has 36 valence electrons. The van der Waals surface area contributed by atoms with Crippen LogP contribution < -0.4 is 5.73 Å². The summed E-state index contributed by atoms with van der Waals surface area (Å²) in [4.78, 5) is 0. The minimum atomic E-state index is -1.09. The highest BCUT2D eigenvalue weighted by atomic mass is 16.3. The number of hydrogen-bond acceptors (Lipinski definition) is 1. The highest BCUT2D eigenvalue weighted by molar-refractivity contribution is 4.47. The van der Waals surface area contributed by atoms with Crippen molar-refractivity contribution in [1.82, 2.24) is 0 Å². The van der Waals surface area contributed by atoms with Gasteiger partial charge < -0.3 is 5.73 Å². The normalized spacial score (nSPS) is 14.5. The summed E-state index contributed by atoms with van der Waals surface area (Å²) in [6, 6.07) is 0. The van der Waals surface area contributed by atoms with Gasteiger partial charge in [0.2, 0.25) is 0 Å². The molecule has 0 rings (SSSR count). The summed E-state index contributed by atoms with van der Waals surface area (Å²) < 4.78 is 0. The Kier molecular flexibility index (Phi) is 3.02. The zero-order valence-electron chi connectivity index (χ0n) is 3.39. The van der Waals surface area contributed by atoms with Gasteiger partial charge in [-0.05, 0) is 0 Å². The van der Waals surface area contributed by atoms with E-state index in [0.29, 0.717) is 0 Å². The van der Waals surface area contributed by atoms with Crippen LogP contribution >= 0.6 is 0 Å². The fourth-order valence-corrected chi connectivity index (χ4v) is 0.0680. The maximum atomic E-state index is 9.83. The minimum absolute atomic E-state index is 0.0382. The van der Waals surface area contributed by atoms with Gasteiger partial charge in [0.05, 0.1) is 0 Å². The van der Waals surface area contributed by atoms with Crippen molar-refractivity contribution in [2.45, 2.75) is 6.10 Å². The molecule has 0 aliphatic rings. The molecule has 0 aliphatic carbocycles. The molecule has 0 bridgehead atoms. The third kappa shape index (κ3) is 2.14. The predicted molar refractivity (Wildman–Crippen MR) is 19.1 cm³/mol. The lowest BCUT2D eigenvalue weighted by Crippen LogP contribution is -2.20. The average molecular weight is 89.1 g/mol. The first-order valence-electron chi connectivity index (χ1n) is 1.75. The second kappa shape index (κ2) is 3.08. The van der Waals surface area contributed by atoms with E-state index < -0.39 is 12.7 Å². The van der Waals surface area contributed by atoms with Gasteiger partial charge in [-0.25, -0.2) is 10.2 Å². The second-order valence-corrected chi connectivity index (χ2v) is 1.02. The summed E-state index contributed by atoms with van der Waals surface area (Å²) in [6.45, 7) is -0.639. The van der Waals surface area contributed by atoms with E-state index in [1.54, 1.807) is 0 Å². The minimum Gasteiger partial charge on any atom is -0.328 e. The third-order valence-corrected chi connectivity index (χ3v) is 0.449. The van der Waals surface area contributed by atoms with Crippen LogP contribution in [0.3, 0.4) is 0 Å². The van der Waals surface area contributed by atoms with Crippen molar-refractivity contribution in [2.75, 3.05) is 13.2 Å². The Hall–Kier alpha value is -0.120. The lowest BCUT2D eigenvalue weighted by Gasteiger charge is -1.92. The summed E-state index contributed by atoms with van der Waals surface area (Å²) in [5, 5.41) is 19.3. The summed E-state index contributed by atoms with van der Waals surface area (Å²) in [7, 11) is 0. The zero-order chi connectivity index (χ0) is 4.99. The number of hydrogen-bond donors (Lipinski definition) is 1. The Morgan fingerprint density at radius 2 is 2.17 bits per heavy atom. The Bertz CT molecular complexity index is 28.0. The van der Waals surface area contributed by atoms with E-state index in [-0.39, 0.29) is 6.54 Å². The molecule has 1 unspecified atom stereocenters. The topological polar surface area (TPSA) is 65.8 Å². The average Bonchev–Trinajstić information content (AvgIpc) is 1.65. The quantitative estimate of drug-likeness (QED) is 0.471. The van der Waals surface area contributed by atoms with E-state index in [1.165, 1.54) is 0 Å². The molecule has 0 heterocycles. The Morgan fingerprint density at radius 1 is 1.67 bits per heavy atom. The molecule has 0 aliphatic heterocycles. The van der Waals surface area contributed by atoms with Crippen LogP contribution in [0.4, 0.5) is 0 Å². The maximum absolute atomic E-state index is 9.83. The summed E-state index contributed by atoms with van der Waals surface area (Å²) in [5.41, 5.74) is 4.77. The van der Waals surface area contributed by atoms with Crippen LogP contribution in [0.5, 0.6) is 0 Å². The maximum Gasteiger partial charge on any atom is 0.132 e. The molecule has 0 saturated heterocycles. The van der Waals surface area contributed by atoms with E-state index >= 15 is 0 Å². The van der Waals surface area contributed by atoms with E-state index in [2.05, 4.69) is 0 Å². The molecule has 0 aromatic rings. The molecule has 0 spiro atoms. The molecule has 0 saturated carbocycles. The summed E-state index contributed by atoms with van der Waals surface area (Å²) in [6.07, 6.45) is -1.09. The van der Waals surface area contributed by atoms with Gasteiger partial charge in [-0.2, -0.15) is 0 Å². The van der Waals surface area contributed by atoms with Gasteiger partial charge in [0.25, 0.3) is 0 Å². The van der Waals surface area contributed by atoms with Crippen molar-refractivity contribution in [3.8, 4) is 0 Å². The van der Waals surface area contributed by atoms with Crippen molar-refractivity contribution >= 4 is 0 Å². The van der Waals surface area contributed by atoms with Gasteiger partial charge in [0, 0.05) is 6.54 Å². The SMILES string of the molecule is NCC([O])C[O]. The van der Waals surface area contributed by atoms with Gasteiger partial charge >= 0.3 is 0 Å². The summed E-state index contributed by atoms with van der Waals surface area (Å²) >= 11 is 0. The highest BCUT2D eigenvalue weighted by Crippen LogP contribution is 1.72. The van der Waals surface area contributed by atoms with Gasteiger partial charge in [-0.15, -0.1) is 0 Å². The third-order valence-electron chi connectivity index (χ3n) is 0.449. The fraction of sp³-hybridized carbons (Fsp3) is 1.00. The van der Waals surface area contributed by atoms with Crippen LogP contribution in [0.1, 0.15) is 0 Å². The first-order valence-corrected chi connectivity index (χ1v) is 1.75. The first kappa shape index (κ1) is 5.88. The molecule has 0 aromatic carbocycles. The van der Waals surface area contributed by atoms with Crippen LogP contribution in [-0.2, 0) is 10.2 Å². The molecule has 3 nitrogen and oxygen atoms in total. The van der Waals surface area contributed by atoms with Gasteiger partial charge in [-0.1, -0.05) is 0 Å². The van der Waals surface area contributed by atoms with Crippen LogP contribution in [0.2, 0.25) is 0 Å². The van der Waals surface area contributed by atoms with Crippen molar-refractivity contribution in [2.24, 2.45) is 5.73 Å². The van der Waals surface area contributed by atoms with E-state index in [0.717, 1.165) is 0 Å². The molecular weight excluding hydrogens is 82.0 g/mol. The molecule has 2 radical (unpaired) electrons. The standard InChI is InChI=1S/C3H7NO2/c4-1-3(6)2-5/h3H,1-2,4H2. The van der Waals surface area contributed by atoms with E-state index in [1.807, 2.05) is 0 Å². The summed E-state index contributed by atoms with van der Waals surface area (Å²) in [5.74, 6) is 0. The van der Waals surface area contributed by atoms with Crippen molar-refractivity contribution in [3.05, 3.63) is 0 Å². The second-order valence-electron chi connectivity index (χ2n) is 1.02. The molecule has 1 atom stereocenters. The Morgan fingerprint density at radius 3 is 2.17 bits per heavy atom. The molecule has 3 heteroatoms. The van der Waals surface area contributed by atoms with Crippen LogP contribution in [0, 0.1) is 0 Å². The van der Waals surface area contributed by atoms with Gasteiger partial charge in [0.1, 0.15) is 12.7 Å². The Balaban J connectivity index is 2.75. The zero-order valence-corrected chi connectivity index (χ0v) is 3.39. The highest BCUT2D eigenvalue weighted by Gasteiger charge is 1.97. The largest absolute Gasteiger partial charge is 0.328 e. The van der Waals surface area contributed by atoms with E-state index in [9.17, 15) is 10.2 Å². The van der Waals surface area contributed by atoms with Crippen molar-refractivity contribution in [1.29, 1.82) is 0 Å². The first-order chi connectivity index (χ1) is 2.81. The molecular formula is C3H7NO2. The van der Waals surface area contributed by atoms with Gasteiger partial charge in [-0.3, -0.25) is 0 Å². The van der Waals surface area contributed by atoms with Crippen LogP contribution in [0.25, 0.3) is 0 Å². The van der Waals surface area contributed by atoms with Crippen molar-refractivity contribution in [3.63, 3.8) is 0 Å². The van der Waals surface area contributed by atoms with Gasteiger partial charge in [0.15, 0.2) is 0 Å². The lowest BCUT2D eigenvalue weighted by atomic mass is 10.4. The molecule has 0 aromatic heterocycles. The van der Waals surface area contributed by atoms with Crippen LogP contribution in [-0.4, -0.2) is 19.3 Å². The predicted octanol–water partition coefficient (Wildman–Crippen LogP) is -0.825. The molecule has 0 fully saturated rings. The van der Waals surface area contributed by atoms with E-state index in [4.69, 9.17) is 5.73 Å². The number of rotatable bonds is 2. The smallest absolute Gasteiger partial charge is 0.132 e. The molecule has 0 amide bonds.